The molecule has 5 nitrogen and oxygen atoms in total. The topological polar surface area (TPSA) is 58.6 Å². The Hall–Kier alpha value is -2.82. The van der Waals surface area contributed by atoms with Gasteiger partial charge in [-0.1, -0.05) is 13.0 Å². The number of hydrogen-bond acceptors (Lipinski definition) is 4. The molecule has 5 heteroatoms. The highest BCUT2D eigenvalue weighted by Gasteiger charge is 2.10. The molecule has 2 aromatic carbocycles. The van der Waals surface area contributed by atoms with Crippen molar-refractivity contribution in [2.45, 2.75) is 33.1 Å². The molecule has 0 radical (unpaired) electrons. The van der Waals surface area contributed by atoms with Gasteiger partial charge in [0.25, 0.3) is 0 Å². The van der Waals surface area contributed by atoms with E-state index in [4.69, 9.17) is 4.74 Å². The lowest BCUT2D eigenvalue weighted by Crippen LogP contribution is -2.17. The second-order valence-electron chi connectivity index (χ2n) is 6.41. The van der Waals surface area contributed by atoms with Crippen LogP contribution < -0.4 is 15.0 Å². The van der Waals surface area contributed by atoms with E-state index in [9.17, 15) is 9.59 Å². The molecule has 1 N–H and O–H groups in total. The smallest absolute Gasteiger partial charge is 0.224 e. The molecule has 0 bridgehead atoms. The number of benzene rings is 2. The molecular formula is C22H28N2O3. The van der Waals surface area contributed by atoms with Crippen LogP contribution in [-0.2, 0) is 4.79 Å². The van der Waals surface area contributed by atoms with Crippen LogP contribution in [0.25, 0.3) is 0 Å². The summed E-state index contributed by atoms with van der Waals surface area (Å²) in [4.78, 5) is 26.5. The van der Waals surface area contributed by atoms with Gasteiger partial charge in [-0.25, -0.2) is 0 Å². The summed E-state index contributed by atoms with van der Waals surface area (Å²) in [6.07, 6.45) is 1.27. The van der Waals surface area contributed by atoms with Gasteiger partial charge < -0.3 is 15.0 Å². The molecule has 0 spiro atoms. The lowest BCUT2D eigenvalue weighted by molar-refractivity contribution is -0.116. The number of carbonyl (C=O) groups is 2. The Morgan fingerprint density at radius 1 is 1.04 bits per heavy atom. The van der Waals surface area contributed by atoms with Crippen LogP contribution in [0, 0.1) is 0 Å². The highest BCUT2D eigenvalue weighted by molar-refractivity contribution is 6.00. The molecule has 27 heavy (non-hydrogen) atoms. The molecular weight excluding hydrogens is 340 g/mol. The van der Waals surface area contributed by atoms with Gasteiger partial charge in [-0.05, 0) is 55.8 Å². The molecule has 2 rings (SSSR count). The van der Waals surface area contributed by atoms with E-state index >= 15 is 0 Å². The quantitative estimate of drug-likeness (QED) is 0.626. The van der Waals surface area contributed by atoms with E-state index in [-0.39, 0.29) is 24.5 Å². The van der Waals surface area contributed by atoms with Crippen LogP contribution in [0.15, 0.2) is 48.5 Å². The molecule has 0 saturated heterocycles. The maximum atomic E-state index is 12.3. The Kier molecular flexibility index (Phi) is 7.86. The van der Waals surface area contributed by atoms with E-state index in [0.717, 1.165) is 30.1 Å². The van der Waals surface area contributed by atoms with Crippen LogP contribution in [0.3, 0.4) is 0 Å². The number of amides is 1. The number of anilines is 2. The number of ketones is 1. The Labute approximate surface area is 161 Å². The third-order valence-corrected chi connectivity index (χ3v) is 4.27. The number of Topliss-reactive ketones (excluding diaryl/α,β-unsaturated/α-hetero) is 1. The Morgan fingerprint density at radius 3 is 2.44 bits per heavy atom. The van der Waals surface area contributed by atoms with Crippen molar-refractivity contribution in [2.75, 3.05) is 30.4 Å². The summed E-state index contributed by atoms with van der Waals surface area (Å²) in [6.45, 7) is 5.65. The van der Waals surface area contributed by atoms with Gasteiger partial charge in [0, 0.05) is 43.4 Å². The van der Waals surface area contributed by atoms with Crippen molar-refractivity contribution in [2.24, 2.45) is 0 Å². The molecule has 0 aliphatic heterocycles. The van der Waals surface area contributed by atoms with Crippen LogP contribution in [0.2, 0.25) is 0 Å². The van der Waals surface area contributed by atoms with E-state index in [2.05, 4.69) is 17.1 Å². The summed E-state index contributed by atoms with van der Waals surface area (Å²) >= 11 is 0. The van der Waals surface area contributed by atoms with Crippen LogP contribution in [0.5, 0.6) is 5.75 Å². The predicted octanol–water partition coefficient (Wildman–Crippen LogP) is 4.53. The van der Waals surface area contributed by atoms with Gasteiger partial charge in [-0.3, -0.25) is 9.59 Å². The summed E-state index contributed by atoms with van der Waals surface area (Å²) in [6, 6.07) is 14.8. The SMILES string of the molecule is CCCOc1ccc(C(=O)CCC(=O)Nc2cccc(N(C)CC)c2)cc1. The molecule has 2 aromatic rings. The fourth-order valence-electron chi connectivity index (χ4n) is 2.56. The minimum Gasteiger partial charge on any atom is -0.494 e. The summed E-state index contributed by atoms with van der Waals surface area (Å²) in [5.74, 6) is 0.539. The van der Waals surface area contributed by atoms with Gasteiger partial charge in [-0.15, -0.1) is 0 Å². The molecule has 0 atom stereocenters. The van der Waals surface area contributed by atoms with Crippen molar-refractivity contribution >= 4 is 23.1 Å². The lowest BCUT2D eigenvalue weighted by Gasteiger charge is -2.17. The standard InChI is InChI=1S/C22H28N2O3/c1-4-15-27-20-11-9-17(10-12-20)21(25)13-14-22(26)23-18-7-6-8-19(16-18)24(3)5-2/h6-12,16H,4-5,13-15H2,1-3H3,(H,23,26). The van der Waals surface area contributed by atoms with E-state index in [1.165, 1.54) is 0 Å². The van der Waals surface area contributed by atoms with Gasteiger partial charge in [-0.2, -0.15) is 0 Å². The Balaban J connectivity index is 1.85. The molecule has 0 unspecified atom stereocenters. The minimum absolute atomic E-state index is 0.0494. The Bertz CT molecular complexity index is 756. The predicted molar refractivity (Wildman–Crippen MR) is 110 cm³/mol. The van der Waals surface area contributed by atoms with Crippen LogP contribution >= 0.6 is 0 Å². The minimum atomic E-state index is -0.164. The number of rotatable bonds is 10. The summed E-state index contributed by atoms with van der Waals surface area (Å²) in [5, 5.41) is 2.86. The van der Waals surface area contributed by atoms with Crippen molar-refractivity contribution in [3.8, 4) is 5.75 Å². The normalized spacial score (nSPS) is 10.3. The molecule has 0 aromatic heterocycles. The van der Waals surface area contributed by atoms with Gasteiger partial charge in [0.05, 0.1) is 6.61 Å². The lowest BCUT2D eigenvalue weighted by atomic mass is 10.1. The first kappa shape index (κ1) is 20.5. The average molecular weight is 368 g/mol. The molecule has 144 valence electrons. The summed E-state index contributed by atoms with van der Waals surface area (Å²) in [7, 11) is 2.00. The highest BCUT2D eigenvalue weighted by atomic mass is 16.5. The highest BCUT2D eigenvalue weighted by Crippen LogP contribution is 2.19. The monoisotopic (exact) mass is 368 g/mol. The van der Waals surface area contributed by atoms with Crippen molar-refractivity contribution in [1.82, 2.24) is 0 Å². The van der Waals surface area contributed by atoms with Crippen molar-refractivity contribution in [3.05, 3.63) is 54.1 Å². The van der Waals surface area contributed by atoms with E-state index in [1.807, 2.05) is 38.2 Å². The molecule has 0 saturated carbocycles. The first-order valence-corrected chi connectivity index (χ1v) is 9.40. The molecule has 0 heterocycles. The fourth-order valence-corrected chi connectivity index (χ4v) is 2.56. The van der Waals surface area contributed by atoms with Crippen LogP contribution in [-0.4, -0.2) is 31.9 Å². The van der Waals surface area contributed by atoms with Crippen molar-refractivity contribution in [3.63, 3.8) is 0 Å². The van der Waals surface area contributed by atoms with Gasteiger partial charge >= 0.3 is 0 Å². The zero-order chi connectivity index (χ0) is 19.6. The average Bonchev–Trinajstić information content (AvgIpc) is 2.70. The third-order valence-electron chi connectivity index (χ3n) is 4.27. The zero-order valence-electron chi connectivity index (χ0n) is 16.3. The molecule has 0 aliphatic rings. The zero-order valence-corrected chi connectivity index (χ0v) is 16.3. The number of nitrogens with zero attached hydrogens (tertiary/aromatic N) is 1. The fraction of sp³-hybridized carbons (Fsp3) is 0.364. The van der Waals surface area contributed by atoms with Crippen molar-refractivity contribution in [1.29, 1.82) is 0 Å². The summed E-state index contributed by atoms with van der Waals surface area (Å²) < 4.78 is 5.51. The first-order chi connectivity index (χ1) is 13.0. The number of hydrogen-bond donors (Lipinski definition) is 1. The number of ether oxygens (including phenoxy) is 1. The van der Waals surface area contributed by atoms with E-state index in [0.29, 0.717) is 12.2 Å². The maximum absolute atomic E-state index is 12.3. The summed E-state index contributed by atoms with van der Waals surface area (Å²) in [5.41, 5.74) is 2.37. The number of carbonyl (C=O) groups excluding carboxylic acids is 2. The molecule has 0 aliphatic carbocycles. The second kappa shape index (κ2) is 10.4. The van der Waals surface area contributed by atoms with E-state index in [1.54, 1.807) is 24.3 Å². The number of nitrogens with one attached hydrogen (secondary N) is 1. The van der Waals surface area contributed by atoms with Gasteiger partial charge in [0.15, 0.2) is 5.78 Å². The first-order valence-electron chi connectivity index (χ1n) is 9.40. The van der Waals surface area contributed by atoms with Crippen molar-refractivity contribution < 1.29 is 14.3 Å². The Morgan fingerprint density at radius 2 is 1.78 bits per heavy atom. The van der Waals surface area contributed by atoms with Crippen LogP contribution in [0.4, 0.5) is 11.4 Å². The van der Waals surface area contributed by atoms with Gasteiger partial charge in [0.1, 0.15) is 5.75 Å². The van der Waals surface area contributed by atoms with Gasteiger partial charge in [0.2, 0.25) is 5.91 Å². The van der Waals surface area contributed by atoms with Crippen LogP contribution in [0.1, 0.15) is 43.5 Å². The van der Waals surface area contributed by atoms with E-state index < -0.39 is 0 Å². The second-order valence-corrected chi connectivity index (χ2v) is 6.41. The maximum Gasteiger partial charge on any atom is 0.224 e. The molecule has 0 fully saturated rings. The largest absolute Gasteiger partial charge is 0.494 e. The third kappa shape index (κ3) is 6.44. The molecule has 1 amide bonds.